The van der Waals surface area contributed by atoms with Crippen molar-refractivity contribution in [3.63, 3.8) is 0 Å². The highest BCUT2D eigenvalue weighted by atomic mass is 35.5. The molecule has 2 aromatic carbocycles. The Hall–Kier alpha value is -3.58. The fourth-order valence-electron chi connectivity index (χ4n) is 3.12. The standard InChI is InChI=1S/C23H20ClN3O4/c24-18-5-2-16(3-6-18)20-12-17-4-7-19(13-21(17)31-23(20)29)30-14-22(28)26-8-1-10-27-11-9-25-15-27/h2-7,9,11-13,15H,1,8,10,14H2,(H,26,28). The van der Waals surface area contributed by atoms with Gasteiger partial charge in [-0.3, -0.25) is 4.79 Å². The van der Waals surface area contributed by atoms with Crippen LogP contribution in [0.2, 0.25) is 5.02 Å². The summed E-state index contributed by atoms with van der Waals surface area (Å²) in [5, 5.41) is 4.16. The number of halogens is 1. The van der Waals surface area contributed by atoms with Gasteiger partial charge in [-0.1, -0.05) is 23.7 Å². The second kappa shape index (κ2) is 9.49. The zero-order valence-electron chi connectivity index (χ0n) is 16.6. The van der Waals surface area contributed by atoms with Crippen molar-refractivity contribution in [1.82, 2.24) is 14.9 Å². The summed E-state index contributed by atoms with van der Waals surface area (Å²) in [6.07, 6.45) is 6.12. The number of carbonyl (C=O) groups excluding carboxylic acids is 1. The van der Waals surface area contributed by atoms with Crippen molar-refractivity contribution in [2.24, 2.45) is 0 Å². The molecule has 7 nitrogen and oxygen atoms in total. The summed E-state index contributed by atoms with van der Waals surface area (Å²) in [6.45, 7) is 1.20. The van der Waals surface area contributed by atoms with Crippen molar-refractivity contribution in [1.29, 1.82) is 0 Å². The van der Waals surface area contributed by atoms with E-state index in [1.807, 2.05) is 10.8 Å². The first kappa shape index (κ1) is 20.7. The Kier molecular flexibility index (Phi) is 6.33. The Morgan fingerprint density at radius 1 is 1.16 bits per heavy atom. The van der Waals surface area contributed by atoms with Crippen molar-refractivity contribution in [2.45, 2.75) is 13.0 Å². The van der Waals surface area contributed by atoms with Gasteiger partial charge in [-0.2, -0.15) is 0 Å². The highest BCUT2D eigenvalue weighted by Gasteiger charge is 2.10. The zero-order chi connectivity index (χ0) is 21.6. The molecule has 4 rings (SSSR count). The molecule has 0 unspecified atom stereocenters. The highest BCUT2D eigenvalue weighted by Crippen LogP contribution is 2.25. The normalized spacial score (nSPS) is 10.9. The average Bonchev–Trinajstić information content (AvgIpc) is 3.29. The van der Waals surface area contributed by atoms with E-state index >= 15 is 0 Å². The van der Waals surface area contributed by atoms with E-state index in [-0.39, 0.29) is 12.5 Å². The molecule has 31 heavy (non-hydrogen) atoms. The van der Waals surface area contributed by atoms with Crippen molar-refractivity contribution >= 4 is 28.5 Å². The molecule has 0 aliphatic rings. The van der Waals surface area contributed by atoms with Gasteiger partial charge in [0.25, 0.3) is 5.91 Å². The third-order valence-electron chi connectivity index (χ3n) is 4.71. The lowest BCUT2D eigenvalue weighted by atomic mass is 10.1. The van der Waals surface area contributed by atoms with Crippen LogP contribution in [0.15, 0.2) is 76.5 Å². The Morgan fingerprint density at radius 2 is 2.00 bits per heavy atom. The van der Waals surface area contributed by atoms with Crippen LogP contribution >= 0.6 is 11.6 Å². The summed E-state index contributed by atoms with van der Waals surface area (Å²) in [4.78, 5) is 28.4. The lowest BCUT2D eigenvalue weighted by Gasteiger charge is -2.09. The van der Waals surface area contributed by atoms with Gasteiger partial charge in [0, 0.05) is 42.0 Å². The molecule has 0 saturated carbocycles. The summed E-state index contributed by atoms with van der Waals surface area (Å²) in [5.74, 6) is 0.230. The molecule has 0 bridgehead atoms. The molecule has 8 heteroatoms. The van der Waals surface area contributed by atoms with Crippen molar-refractivity contribution in [2.75, 3.05) is 13.2 Å². The molecule has 158 valence electrons. The summed E-state index contributed by atoms with van der Waals surface area (Å²) in [5.41, 5.74) is 1.11. The number of ether oxygens (including phenoxy) is 1. The SMILES string of the molecule is O=C(COc1ccc2cc(-c3ccc(Cl)cc3)c(=O)oc2c1)NCCCn1ccnc1. The average molecular weight is 438 g/mol. The van der Waals surface area contributed by atoms with E-state index in [9.17, 15) is 9.59 Å². The highest BCUT2D eigenvalue weighted by molar-refractivity contribution is 6.30. The van der Waals surface area contributed by atoms with Crippen LogP contribution in [-0.4, -0.2) is 28.6 Å². The predicted molar refractivity (Wildman–Crippen MR) is 118 cm³/mol. The van der Waals surface area contributed by atoms with Crippen molar-refractivity contribution < 1.29 is 13.9 Å². The summed E-state index contributed by atoms with van der Waals surface area (Å²) >= 11 is 5.91. The molecule has 0 fully saturated rings. The van der Waals surface area contributed by atoms with Crippen LogP contribution in [0.3, 0.4) is 0 Å². The topological polar surface area (TPSA) is 86.4 Å². The van der Waals surface area contributed by atoms with E-state index in [1.54, 1.807) is 61.1 Å². The molecule has 0 radical (unpaired) electrons. The van der Waals surface area contributed by atoms with Gasteiger partial charge >= 0.3 is 5.63 Å². The Balaban J connectivity index is 1.35. The minimum atomic E-state index is -0.456. The van der Waals surface area contributed by atoms with Crippen LogP contribution in [0.5, 0.6) is 5.75 Å². The first-order valence-corrected chi connectivity index (χ1v) is 10.2. The van der Waals surface area contributed by atoms with E-state index in [0.29, 0.717) is 28.5 Å². The Morgan fingerprint density at radius 3 is 2.77 bits per heavy atom. The minimum Gasteiger partial charge on any atom is -0.484 e. The smallest absolute Gasteiger partial charge is 0.344 e. The molecular weight excluding hydrogens is 418 g/mol. The van der Waals surface area contributed by atoms with Crippen molar-refractivity contribution in [3.8, 4) is 16.9 Å². The maximum absolute atomic E-state index is 12.4. The second-order valence-corrected chi connectivity index (χ2v) is 7.38. The van der Waals surface area contributed by atoms with Gasteiger partial charge in [0.2, 0.25) is 0 Å². The van der Waals surface area contributed by atoms with Gasteiger partial charge < -0.3 is 19.0 Å². The molecule has 0 spiro atoms. The van der Waals surface area contributed by atoms with Crippen LogP contribution in [0.1, 0.15) is 6.42 Å². The summed E-state index contributed by atoms with van der Waals surface area (Å²) < 4.78 is 13.0. The van der Waals surface area contributed by atoms with Crippen LogP contribution in [0.4, 0.5) is 0 Å². The van der Waals surface area contributed by atoms with Crippen LogP contribution < -0.4 is 15.7 Å². The second-order valence-electron chi connectivity index (χ2n) is 6.95. The number of aryl methyl sites for hydroxylation is 1. The number of rotatable bonds is 8. The number of imidazole rings is 1. The van der Waals surface area contributed by atoms with E-state index in [2.05, 4.69) is 10.3 Å². The number of amides is 1. The van der Waals surface area contributed by atoms with Gasteiger partial charge in [-0.25, -0.2) is 9.78 Å². The van der Waals surface area contributed by atoms with Gasteiger partial charge in [-0.15, -0.1) is 0 Å². The molecule has 4 aromatic rings. The summed E-state index contributed by atoms with van der Waals surface area (Å²) in [7, 11) is 0. The quantitative estimate of drug-likeness (QED) is 0.334. The van der Waals surface area contributed by atoms with E-state index in [1.165, 1.54) is 0 Å². The number of fused-ring (bicyclic) bond motifs is 1. The van der Waals surface area contributed by atoms with Crippen LogP contribution in [0, 0.1) is 0 Å². The van der Waals surface area contributed by atoms with Gasteiger partial charge in [0.05, 0.1) is 11.9 Å². The Labute approximate surface area is 183 Å². The molecule has 0 aliphatic carbocycles. The monoisotopic (exact) mass is 437 g/mol. The molecule has 0 aliphatic heterocycles. The Bertz CT molecular complexity index is 1230. The molecule has 1 amide bonds. The first-order chi connectivity index (χ1) is 15.1. The molecule has 0 saturated heterocycles. The van der Waals surface area contributed by atoms with Gasteiger partial charge in [0.1, 0.15) is 11.3 Å². The number of nitrogens with zero attached hydrogens (tertiary/aromatic N) is 2. The number of hydrogen-bond acceptors (Lipinski definition) is 5. The van der Waals surface area contributed by atoms with Crippen LogP contribution in [-0.2, 0) is 11.3 Å². The van der Waals surface area contributed by atoms with E-state index in [4.69, 9.17) is 20.8 Å². The molecule has 2 heterocycles. The third-order valence-corrected chi connectivity index (χ3v) is 4.96. The lowest BCUT2D eigenvalue weighted by Crippen LogP contribution is -2.30. The number of nitrogens with one attached hydrogen (secondary N) is 1. The fraction of sp³-hybridized carbons (Fsp3) is 0.174. The van der Waals surface area contributed by atoms with Crippen LogP contribution in [0.25, 0.3) is 22.1 Å². The third kappa shape index (κ3) is 5.32. The van der Waals surface area contributed by atoms with E-state index in [0.717, 1.165) is 23.9 Å². The maximum Gasteiger partial charge on any atom is 0.344 e. The van der Waals surface area contributed by atoms with Gasteiger partial charge in [-0.05, 0) is 42.3 Å². The molecular formula is C23H20ClN3O4. The number of benzene rings is 2. The minimum absolute atomic E-state index is 0.121. The number of aromatic nitrogens is 2. The zero-order valence-corrected chi connectivity index (χ0v) is 17.3. The summed E-state index contributed by atoms with van der Waals surface area (Å²) in [6, 6.07) is 13.9. The molecule has 2 aromatic heterocycles. The number of carbonyl (C=O) groups is 1. The molecule has 1 N–H and O–H groups in total. The fourth-order valence-corrected chi connectivity index (χ4v) is 3.25. The maximum atomic E-state index is 12.4. The predicted octanol–water partition coefficient (Wildman–Crippen LogP) is 3.90. The lowest BCUT2D eigenvalue weighted by molar-refractivity contribution is -0.123. The first-order valence-electron chi connectivity index (χ1n) is 9.77. The van der Waals surface area contributed by atoms with E-state index < -0.39 is 5.63 Å². The van der Waals surface area contributed by atoms with Gasteiger partial charge in [0.15, 0.2) is 6.61 Å². The number of hydrogen-bond donors (Lipinski definition) is 1. The molecule has 0 atom stereocenters. The largest absolute Gasteiger partial charge is 0.484 e. The van der Waals surface area contributed by atoms with Crippen molar-refractivity contribution in [3.05, 3.63) is 82.7 Å².